The van der Waals surface area contributed by atoms with Gasteiger partial charge in [-0.2, -0.15) is 0 Å². The van der Waals surface area contributed by atoms with Crippen molar-refractivity contribution < 1.29 is 4.79 Å². The molecule has 3 nitrogen and oxygen atoms in total. The molecule has 0 unspecified atom stereocenters. The van der Waals surface area contributed by atoms with E-state index >= 15 is 0 Å². The minimum absolute atomic E-state index is 0.0984. The van der Waals surface area contributed by atoms with Gasteiger partial charge in [0.15, 0.2) is 0 Å². The molecule has 0 radical (unpaired) electrons. The number of benzene rings is 1. The molecule has 68 valence electrons. The molecule has 0 bridgehead atoms. The number of fused-ring (bicyclic) bond motifs is 1. The molecule has 1 aromatic carbocycles. The van der Waals surface area contributed by atoms with Crippen molar-refractivity contribution in [1.82, 2.24) is 4.90 Å². The van der Waals surface area contributed by atoms with Crippen LogP contribution in [0.3, 0.4) is 0 Å². The molecule has 1 heterocycles. The van der Waals surface area contributed by atoms with Crippen LogP contribution in [0.15, 0.2) is 18.2 Å². The van der Waals surface area contributed by atoms with E-state index in [0.29, 0.717) is 0 Å². The van der Waals surface area contributed by atoms with Crippen LogP contribution in [-0.4, -0.2) is 24.4 Å². The van der Waals surface area contributed by atoms with Crippen molar-refractivity contribution in [2.75, 3.05) is 19.3 Å². The molecule has 3 heteroatoms. The number of hydrogen-bond donors (Lipinski definition) is 1. The third kappa shape index (κ3) is 1.26. The quantitative estimate of drug-likeness (QED) is 0.597. The first-order valence-electron chi connectivity index (χ1n) is 4.32. The van der Waals surface area contributed by atoms with Crippen LogP contribution in [0.2, 0.25) is 0 Å². The number of likely N-dealkylation sites (N-methyl/N-ethyl adjacent to an activating group) is 1. The van der Waals surface area contributed by atoms with Crippen molar-refractivity contribution >= 4 is 11.6 Å². The second-order valence-electron chi connectivity index (χ2n) is 3.39. The molecule has 0 aliphatic carbocycles. The zero-order valence-corrected chi connectivity index (χ0v) is 7.58. The van der Waals surface area contributed by atoms with Crippen molar-refractivity contribution in [2.24, 2.45) is 0 Å². The molecule has 0 saturated heterocycles. The lowest BCUT2D eigenvalue weighted by molar-refractivity contribution is 0.0781. The Labute approximate surface area is 77.1 Å². The van der Waals surface area contributed by atoms with E-state index in [0.717, 1.165) is 29.8 Å². The summed E-state index contributed by atoms with van der Waals surface area (Å²) in [4.78, 5) is 13.3. The summed E-state index contributed by atoms with van der Waals surface area (Å²) < 4.78 is 0. The first kappa shape index (κ1) is 8.10. The average Bonchev–Trinajstić information content (AvgIpc) is 2.12. The van der Waals surface area contributed by atoms with Gasteiger partial charge in [-0.3, -0.25) is 4.79 Å². The van der Waals surface area contributed by atoms with E-state index in [-0.39, 0.29) is 5.91 Å². The summed E-state index contributed by atoms with van der Waals surface area (Å²) in [5.74, 6) is 0.0984. The van der Waals surface area contributed by atoms with E-state index in [1.165, 1.54) is 0 Å². The standard InChI is InChI=1S/C10H12N2O/c1-12-5-4-7-6-8(11)2-3-9(7)10(12)13/h2-3,6H,4-5,11H2,1H3. The lowest BCUT2D eigenvalue weighted by Gasteiger charge is -2.24. The van der Waals surface area contributed by atoms with Gasteiger partial charge in [-0.15, -0.1) is 0 Å². The molecule has 0 spiro atoms. The predicted octanol–water partition coefficient (Wildman–Crippen LogP) is 0.897. The first-order valence-corrected chi connectivity index (χ1v) is 4.32. The van der Waals surface area contributed by atoms with Crippen molar-refractivity contribution in [3.05, 3.63) is 29.3 Å². The Morgan fingerprint density at radius 2 is 2.23 bits per heavy atom. The highest BCUT2D eigenvalue weighted by molar-refractivity contribution is 5.96. The van der Waals surface area contributed by atoms with Gasteiger partial charge in [0, 0.05) is 24.8 Å². The third-order valence-electron chi connectivity index (χ3n) is 2.42. The maximum atomic E-state index is 11.6. The summed E-state index contributed by atoms with van der Waals surface area (Å²) in [6, 6.07) is 5.47. The predicted molar refractivity (Wildman–Crippen MR) is 51.5 cm³/mol. The lowest BCUT2D eigenvalue weighted by atomic mass is 9.99. The SMILES string of the molecule is CN1CCc2cc(N)ccc2C1=O. The largest absolute Gasteiger partial charge is 0.399 e. The Hall–Kier alpha value is -1.51. The van der Waals surface area contributed by atoms with Gasteiger partial charge in [0.05, 0.1) is 0 Å². The van der Waals surface area contributed by atoms with E-state index < -0.39 is 0 Å². The number of carbonyl (C=O) groups excluding carboxylic acids is 1. The molecular weight excluding hydrogens is 164 g/mol. The Kier molecular flexibility index (Phi) is 1.72. The molecule has 0 fully saturated rings. The van der Waals surface area contributed by atoms with Crippen LogP contribution in [0, 0.1) is 0 Å². The highest BCUT2D eigenvalue weighted by atomic mass is 16.2. The number of nitrogens with two attached hydrogens (primary N) is 1. The van der Waals surface area contributed by atoms with E-state index in [1.807, 2.05) is 19.2 Å². The Balaban J connectivity index is 2.50. The van der Waals surface area contributed by atoms with Gasteiger partial charge >= 0.3 is 0 Å². The van der Waals surface area contributed by atoms with Crippen LogP contribution in [0.1, 0.15) is 15.9 Å². The molecule has 1 aromatic rings. The molecule has 0 aromatic heterocycles. The van der Waals surface area contributed by atoms with Gasteiger partial charge in [0.2, 0.25) is 0 Å². The Morgan fingerprint density at radius 1 is 1.46 bits per heavy atom. The highest BCUT2D eigenvalue weighted by Gasteiger charge is 2.20. The fourth-order valence-corrected chi connectivity index (χ4v) is 1.62. The van der Waals surface area contributed by atoms with E-state index in [1.54, 1.807) is 11.0 Å². The normalized spacial score (nSPS) is 15.8. The van der Waals surface area contributed by atoms with Crippen molar-refractivity contribution in [3.8, 4) is 0 Å². The van der Waals surface area contributed by atoms with Gasteiger partial charge in [-0.25, -0.2) is 0 Å². The molecule has 2 N–H and O–H groups in total. The summed E-state index contributed by atoms with van der Waals surface area (Å²) in [7, 11) is 1.82. The number of hydrogen-bond acceptors (Lipinski definition) is 2. The molecular formula is C10H12N2O. The number of anilines is 1. The van der Waals surface area contributed by atoms with E-state index in [9.17, 15) is 4.79 Å². The van der Waals surface area contributed by atoms with Crippen LogP contribution in [0.4, 0.5) is 5.69 Å². The molecule has 1 amide bonds. The molecule has 1 aliphatic rings. The molecule has 1 aliphatic heterocycles. The third-order valence-corrected chi connectivity index (χ3v) is 2.42. The zero-order chi connectivity index (χ0) is 9.42. The summed E-state index contributed by atoms with van der Waals surface area (Å²) in [6.45, 7) is 0.787. The second kappa shape index (κ2) is 2.76. The first-order chi connectivity index (χ1) is 6.18. The minimum Gasteiger partial charge on any atom is -0.399 e. The van der Waals surface area contributed by atoms with Crippen molar-refractivity contribution in [2.45, 2.75) is 6.42 Å². The molecule has 13 heavy (non-hydrogen) atoms. The fraction of sp³-hybridized carbons (Fsp3) is 0.300. The summed E-state index contributed by atoms with van der Waals surface area (Å²) in [5.41, 5.74) is 8.24. The molecule has 0 atom stereocenters. The Morgan fingerprint density at radius 3 is 3.00 bits per heavy atom. The van der Waals surface area contributed by atoms with Crippen LogP contribution < -0.4 is 5.73 Å². The van der Waals surface area contributed by atoms with E-state index in [4.69, 9.17) is 5.73 Å². The number of nitrogen functional groups attached to an aromatic ring is 1. The number of carbonyl (C=O) groups is 1. The van der Waals surface area contributed by atoms with Crippen molar-refractivity contribution in [3.63, 3.8) is 0 Å². The molecule has 0 saturated carbocycles. The van der Waals surface area contributed by atoms with Gasteiger partial charge in [0.25, 0.3) is 5.91 Å². The number of amides is 1. The topological polar surface area (TPSA) is 46.3 Å². The van der Waals surface area contributed by atoms with Gasteiger partial charge in [-0.1, -0.05) is 0 Å². The van der Waals surface area contributed by atoms with Crippen LogP contribution in [-0.2, 0) is 6.42 Å². The smallest absolute Gasteiger partial charge is 0.253 e. The van der Waals surface area contributed by atoms with Crippen LogP contribution in [0.25, 0.3) is 0 Å². The Bertz CT molecular complexity index is 360. The van der Waals surface area contributed by atoms with Crippen molar-refractivity contribution in [1.29, 1.82) is 0 Å². The average molecular weight is 176 g/mol. The maximum Gasteiger partial charge on any atom is 0.253 e. The summed E-state index contributed by atoms with van der Waals surface area (Å²) >= 11 is 0. The fourth-order valence-electron chi connectivity index (χ4n) is 1.62. The summed E-state index contributed by atoms with van der Waals surface area (Å²) in [5, 5.41) is 0. The van der Waals surface area contributed by atoms with Gasteiger partial charge in [0.1, 0.15) is 0 Å². The zero-order valence-electron chi connectivity index (χ0n) is 7.58. The van der Waals surface area contributed by atoms with Gasteiger partial charge < -0.3 is 10.6 Å². The molecule has 2 rings (SSSR count). The minimum atomic E-state index is 0.0984. The summed E-state index contributed by atoms with van der Waals surface area (Å²) in [6.07, 6.45) is 0.905. The lowest BCUT2D eigenvalue weighted by Crippen LogP contribution is -2.34. The number of rotatable bonds is 0. The van der Waals surface area contributed by atoms with Gasteiger partial charge in [-0.05, 0) is 30.2 Å². The number of nitrogens with zero attached hydrogens (tertiary/aromatic N) is 1. The second-order valence-corrected chi connectivity index (χ2v) is 3.39. The maximum absolute atomic E-state index is 11.6. The van der Waals surface area contributed by atoms with Crippen LogP contribution >= 0.6 is 0 Å². The highest BCUT2D eigenvalue weighted by Crippen LogP contribution is 2.20. The van der Waals surface area contributed by atoms with E-state index in [2.05, 4.69) is 0 Å². The van der Waals surface area contributed by atoms with Crippen LogP contribution in [0.5, 0.6) is 0 Å². The monoisotopic (exact) mass is 176 g/mol.